The number of nitrogens with one attached hydrogen (secondary N) is 4. The van der Waals surface area contributed by atoms with E-state index in [1.165, 1.54) is 13.4 Å². The van der Waals surface area contributed by atoms with Gasteiger partial charge < -0.3 is 26.6 Å². The van der Waals surface area contributed by atoms with Gasteiger partial charge in [0.1, 0.15) is 24.1 Å². The number of rotatable bonds is 8. The Kier molecular flexibility index (Phi) is 6.85. The first-order valence-electron chi connectivity index (χ1n) is 12.6. The first kappa shape index (κ1) is 26.0. The van der Waals surface area contributed by atoms with Crippen LogP contribution in [0, 0.1) is 17.0 Å². The molecule has 202 valence electrons. The van der Waals surface area contributed by atoms with Crippen molar-refractivity contribution >= 4 is 34.8 Å². The molecule has 1 fully saturated rings. The Morgan fingerprint density at radius 3 is 2.49 bits per heavy atom. The van der Waals surface area contributed by atoms with Crippen LogP contribution in [0.4, 0.5) is 26.1 Å². The molecule has 0 spiro atoms. The fourth-order valence-corrected chi connectivity index (χ4v) is 4.79. The van der Waals surface area contributed by atoms with E-state index in [-0.39, 0.29) is 52.0 Å². The largest absolute Gasteiger partial charge is 0.383 e. The Bertz CT molecular complexity index is 1460. The molecule has 5 rings (SSSR count). The number of hydrogen-bond donors (Lipinski definition) is 5. The lowest BCUT2D eigenvalue weighted by Gasteiger charge is -2.42. The van der Waals surface area contributed by atoms with Crippen LogP contribution in [0.3, 0.4) is 0 Å². The molecule has 2 aromatic carbocycles. The average molecular weight is 535 g/mol. The van der Waals surface area contributed by atoms with Crippen LogP contribution in [0.2, 0.25) is 0 Å². The minimum Gasteiger partial charge on any atom is -0.383 e. The zero-order valence-corrected chi connectivity index (χ0v) is 21.4. The molecule has 0 radical (unpaired) electrons. The van der Waals surface area contributed by atoms with E-state index in [0.717, 1.165) is 25.0 Å². The minimum absolute atomic E-state index is 0.0285. The number of carbonyl (C=O) groups excluding carboxylic acids is 2. The van der Waals surface area contributed by atoms with Gasteiger partial charge in [0.15, 0.2) is 11.6 Å². The summed E-state index contributed by atoms with van der Waals surface area (Å²) >= 11 is 0. The second-order valence-electron chi connectivity index (χ2n) is 9.52. The number of nitrogens with zero attached hydrogens (tertiary/aromatic N) is 3. The van der Waals surface area contributed by atoms with E-state index in [1.54, 1.807) is 29.2 Å². The number of carbonyl (C=O) groups is 2. The summed E-state index contributed by atoms with van der Waals surface area (Å²) in [5.74, 6) is -2.38. The Morgan fingerprint density at radius 1 is 1.18 bits per heavy atom. The van der Waals surface area contributed by atoms with E-state index in [9.17, 15) is 18.4 Å². The molecule has 39 heavy (non-hydrogen) atoms. The van der Waals surface area contributed by atoms with Crippen molar-refractivity contribution < 1.29 is 18.4 Å². The second-order valence-corrected chi connectivity index (χ2v) is 9.52. The molecule has 0 saturated heterocycles. The average Bonchev–Trinajstić information content (AvgIpc) is 3.77. The highest BCUT2D eigenvalue weighted by Gasteiger charge is 2.44. The highest BCUT2D eigenvalue weighted by atomic mass is 19.2. The SMILES string of the molecule is CCC(Nc1ncnc(N)c1C(=N)c1ccc(C(=O)NC)cc1)C1Nc2cc(F)c(F)cc2C(=O)N1C1CC1. The summed E-state index contributed by atoms with van der Waals surface area (Å²) in [6.07, 6.45) is 2.81. The van der Waals surface area contributed by atoms with Gasteiger partial charge in [-0.2, -0.15) is 0 Å². The number of nitrogen functional groups attached to an aromatic ring is 1. The minimum atomic E-state index is -1.08. The van der Waals surface area contributed by atoms with Gasteiger partial charge in [-0.3, -0.25) is 15.0 Å². The third-order valence-corrected chi connectivity index (χ3v) is 7.00. The van der Waals surface area contributed by atoms with Crippen LogP contribution in [0.25, 0.3) is 0 Å². The van der Waals surface area contributed by atoms with Gasteiger partial charge in [-0.05, 0) is 37.5 Å². The molecule has 2 atom stereocenters. The summed E-state index contributed by atoms with van der Waals surface area (Å²) in [6, 6.07) is 7.96. The van der Waals surface area contributed by atoms with Crippen LogP contribution < -0.4 is 21.7 Å². The molecular formula is C27H28F2N8O2. The van der Waals surface area contributed by atoms with E-state index in [0.29, 0.717) is 17.5 Å². The van der Waals surface area contributed by atoms with E-state index >= 15 is 0 Å². The van der Waals surface area contributed by atoms with Gasteiger partial charge in [0.2, 0.25) is 0 Å². The molecule has 12 heteroatoms. The van der Waals surface area contributed by atoms with Crippen molar-refractivity contribution in [2.75, 3.05) is 23.4 Å². The zero-order chi connectivity index (χ0) is 27.8. The molecule has 0 bridgehead atoms. The Hall–Kier alpha value is -4.61. The summed E-state index contributed by atoms with van der Waals surface area (Å²) in [5.41, 5.74) is 7.75. The number of halogens is 2. The molecule has 2 aliphatic rings. The van der Waals surface area contributed by atoms with Gasteiger partial charge in [0, 0.05) is 30.3 Å². The molecule has 2 amide bonds. The summed E-state index contributed by atoms with van der Waals surface area (Å²) in [4.78, 5) is 35.4. The molecule has 3 aromatic rings. The van der Waals surface area contributed by atoms with Gasteiger partial charge in [-0.25, -0.2) is 18.7 Å². The lowest BCUT2D eigenvalue weighted by molar-refractivity contribution is 0.0646. The van der Waals surface area contributed by atoms with Crippen molar-refractivity contribution in [2.24, 2.45) is 0 Å². The summed E-state index contributed by atoms with van der Waals surface area (Å²) in [7, 11) is 1.54. The monoisotopic (exact) mass is 534 g/mol. The Labute approximate surface area is 223 Å². The first-order chi connectivity index (χ1) is 18.7. The molecule has 1 saturated carbocycles. The van der Waals surface area contributed by atoms with Crippen LogP contribution in [0.15, 0.2) is 42.7 Å². The van der Waals surface area contributed by atoms with Crippen LogP contribution in [-0.2, 0) is 0 Å². The zero-order valence-electron chi connectivity index (χ0n) is 21.4. The molecule has 6 N–H and O–H groups in total. The number of nitrogens with two attached hydrogens (primary N) is 1. The van der Waals surface area contributed by atoms with E-state index in [2.05, 4.69) is 25.9 Å². The van der Waals surface area contributed by atoms with Crippen molar-refractivity contribution in [3.05, 3.63) is 76.6 Å². The fraction of sp³-hybridized carbons (Fsp3) is 0.296. The van der Waals surface area contributed by atoms with Crippen molar-refractivity contribution in [1.29, 1.82) is 5.41 Å². The molecule has 10 nitrogen and oxygen atoms in total. The predicted octanol–water partition coefficient (Wildman–Crippen LogP) is 3.36. The molecular weight excluding hydrogens is 506 g/mol. The van der Waals surface area contributed by atoms with Crippen LogP contribution in [0.1, 0.15) is 58.0 Å². The maximum atomic E-state index is 14.1. The van der Waals surface area contributed by atoms with Crippen molar-refractivity contribution in [3.8, 4) is 0 Å². The first-order valence-corrected chi connectivity index (χ1v) is 12.6. The predicted molar refractivity (Wildman–Crippen MR) is 143 cm³/mol. The van der Waals surface area contributed by atoms with Crippen molar-refractivity contribution in [2.45, 2.75) is 44.4 Å². The summed E-state index contributed by atoms with van der Waals surface area (Å²) < 4.78 is 28.0. The van der Waals surface area contributed by atoms with Crippen molar-refractivity contribution in [1.82, 2.24) is 20.2 Å². The topological polar surface area (TPSA) is 149 Å². The summed E-state index contributed by atoms with van der Waals surface area (Å²) in [6.45, 7) is 1.92. The lowest BCUT2D eigenvalue weighted by Crippen LogP contribution is -2.57. The highest BCUT2D eigenvalue weighted by Crippen LogP contribution is 2.38. The number of hydrogen-bond acceptors (Lipinski definition) is 8. The Morgan fingerprint density at radius 2 is 1.85 bits per heavy atom. The van der Waals surface area contributed by atoms with E-state index in [1.807, 2.05) is 6.92 Å². The number of fused-ring (bicyclic) bond motifs is 1. The Balaban J connectivity index is 1.47. The normalized spacial score (nSPS) is 17.2. The van der Waals surface area contributed by atoms with Gasteiger partial charge in [-0.15, -0.1) is 0 Å². The highest BCUT2D eigenvalue weighted by molar-refractivity contribution is 6.16. The van der Waals surface area contributed by atoms with Crippen molar-refractivity contribution in [3.63, 3.8) is 0 Å². The van der Waals surface area contributed by atoms with Crippen LogP contribution >= 0.6 is 0 Å². The van der Waals surface area contributed by atoms with Gasteiger partial charge in [-0.1, -0.05) is 19.1 Å². The summed E-state index contributed by atoms with van der Waals surface area (Å²) in [5, 5.41) is 18.0. The smallest absolute Gasteiger partial charge is 0.258 e. The quantitative estimate of drug-likeness (QED) is 0.278. The number of aromatic nitrogens is 2. The molecule has 2 unspecified atom stereocenters. The number of amides is 2. The van der Waals surface area contributed by atoms with E-state index < -0.39 is 23.8 Å². The molecule has 1 aliphatic heterocycles. The third-order valence-electron chi connectivity index (χ3n) is 7.00. The third kappa shape index (κ3) is 4.85. The van der Waals surface area contributed by atoms with Gasteiger partial charge in [0.05, 0.1) is 28.6 Å². The fourth-order valence-electron chi connectivity index (χ4n) is 4.79. The maximum Gasteiger partial charge on any atom is 0.258 e. The molecule has 1 aromatic heterocycles. The maximum absolute atomic E-state index is 14.1. The standard InChI is InChI=1S/C27H28F2N8O2/c1-3-19(25-36-20-11-18(29)17(28)10-16(20)27(39)37(25)15-8-9-15)35-24-21(23(31)33-12-34-24)22(30)13-4-6-14(7-5-13)26(38)32-2/h4-7,10-12,15,19,25,30,36H,3,8-9H2,1-2H3,(H,32,38)(H3,31,33,34,35). The van der Waals surface area contributed by atoms with Crippen LogP contribution in [0.5, 0.6) is 0 Å². The van der Waals surface area contributed by atoms with Gasteiger partial charge in [0.25, 0.3) is 11.8 Å². The lowest BCUT2D eigenvalue weighted by atomic mass is 9.99. The van der Waals surface area contributed by atoms with Crippen LogP contribution in [-0.4, -0.2) is 57.7 Å². The number of benzene rings is 2. The molecule has 2 heterocycles. The number of anilines is 3. The second kappa shape index (κ2) is 10.3. The molecule has 1 aliphatic carbocycles. The van der Waals surface area contributed by atoms with Gasteiger partial charge >= 0.3 is 0 Å². The van der Waals surface area contributed by atoms with E-state index in [4.69, 9.17) is 11.1 Å².